The van der Waals surface area contributed by atoms with Crippen LogP contribution in [0.5, 0.6) is 0 Å². The van der Waals surface area contributed by atoms with Gasteiger partial charge in [0.15, 0.2) is 0 Å². The predicted octanol–water partition coefficient (Wildman–Crippen LogP) is 5.33. The zero-order valence-corrected chi connectivity index (χ0v) is 13.2. The van der Waals surface area contributed by atoms with Gasteiger partial charge < -0.3 is 4.74 Å². The van der Waals surface area contributed by atoms with E-state index in [1.54, 1.807) is 12.1 Å². The highest BCUT2D eigenvalue weighted by molar-refractivity contribution is 6.36. The van der Waals surface area contributed by atoms with Gasteiger partial charge in [0.05, 0.1) is 0 Å². The highest BCUT2D eigenvalue weighted by Crippen LogP contribution is 2.36. The fourth-order valence-corrected chi connectivity index (χ4v) is 2.57. The van der Waals surface area contributed by atoms with Crippen molar-refractivity contribution in [3.05, 3.63) is 44.6 Å². The third-order valence-corrected chi connectivity index (χ3v) is 4.38. The molecule has 0 amide bonds. The molecule has 1 aromatic carbocycles. The van der Waals surface area contributed by atoms with Crippen LogP contribution >= 0.6 is 34.8 Å². The summed E-state index contributed by atoms with van der Waals surface area (Å²) in [5.74, 6) is 1.14. The molecule has 1 heterocycles. The van der Waals surface area contributed by atoms with E-state index in [2.05, 4.69) is 4.99 Å². The van der Waals surface area contributed by atoms with E-state index in [1.165, 1.54) is 5.54 Å². The van der Waals surface area contributed by atoms with Crippen LogP contribution in [0.1, 0.15) is 31.4 Å². The van der Waals surface area contributed by atoms with Crippen LogP contribution in [0.3, 0.4) is 0 Å². The van der Waals surface area contributed by atoms with Gasteiger partial charge in [-0.25, -0.2) is 4.99 Å². The summed E-state index contributed by atoms with van der Waals surface area (Å²) >= 11 is 18.1. The van der Waals surface area contributed by atoms with Gasteiger partial charge in [0.25, 0.3) is 0 Å². The molecule has 0 aliphatic carbocycles. The second-order valence-electron chi connectivity index (χ2n) is 4.68. The maximum Gasteiger partial charge on any atom is 0.222 e. The van der Waals surface area contributed by atoms with Crippen LogP contribution in [0.25, 0.3) is 0 Å². The summed E-state index contributed by atoms with van der Waals surface area (Å²) in [5.41, 5.74) is 2.60. The summed E-state index contributed by atoms with van der Waals surface area (Å²) in [4.78, 5) is 4.60. The molecule has 1 aliphatic rings. The molecule has 0 saturated carbocycles. The van der Waals surface area contributed by atoms with Gasteiger partial charge in [-0.15, -0.1) is 0 Å². The van der Waals surface area contributed by atoms with Crippen molar-refractivity contribution in [2.45, 2.75) is 32.7 Å². The first kappa shape index (κ1) is 14.7. The van der Waals surface area contributed by atoms with Gasteiger partial charge in [0.2, 0.25) is 5.90 Å². The third-order valence-electron chi connectivity index (χ3n) is 3.40. The second-order valence-corrected chi connectivity index (χ2v) is 5.72. The lowest BCUT2D eigenvalue weighted by molar-refractivity contribution is 0.364. The predicted molar refractivity (Wildman–Crippen MR) is 81.5 cm³/mol. The molecule has 0 radical (unpaired) electrons. The maximum atomic E-state index is 6.14. The summed E-state index contributed by atoms with van der Waals surface area (Å²) in [5, 5.41) is 1.19. The number of hydrogen-bond acceptors (Lipinski definition) is 2. The van der Waals surface area contributed by atoms with E-state index in [4.69, 9.17) is 39.5 Å². The monoisotopic (exact) mass is 317 g/mol. The van der Waals surface area contributed by atoms with E-state index >= 15 is 0 Å². The number of rotatable bonds is 2. The Morgan fingerprint density at radius 3 is 2.32 bits per heavy atom. The van der Waals surface area contributed by atoms with Crippen molar-refractivity contribution < 1.29 is 4.74 Å². The van der Waals surface area contributed by atoms with Crippen LogP contribution < -0.4 is 0 Å². The number of ether oxygens (including phenoxy) is 1. The van der Waals surface area contributed by atoms with E-state index in [0.29, 0.717) is 21.7 Å². The van der Waals surface area contributed by atoms with E-state index in [-0.39, 0.29) is 0 Å². The Kier molecular flexibility index (Phi) is 4.14. The summed E-state index contributed by atoms with van der Waals surface area (Å²) < 4.78 is 5.71. The largest absolute Gasteiger partial charge is 0.440 e. The molecular weight excluding hydrogens is 305 g/mol. The number of hydrogen-bond donors (Lipinski definition) is 0. The Balaban J connectivity index is 2.47. The van der Waals surface area contributed by atoms with Gasteiger partial charge in [-0.05, 0) is 38.0 Å². The zero-order valence-electron chi connectivity index (χ0n) is 10.9. The minimum Gasteiger partial charge on any atom is -0.440 e. The first-order valence-corrected chi connectivity index (χ1v) is 7.15. The molecule has 0 N–H and O–H groups in total. The second kappa shape index (κ2) is 5.35. The average Bonchev–Trinajstić information content (AvgIpc) is 2.73. The molecule has 102 valence electrons. The molecule has 1 atom stereocenters. The molecular formula is C14H14Cl3NO. The van der Waals surface area contributed by atoms with E-state index in [0.717, 1.165) is 17.5 Å². The minimum atomic E-state index is -0.430. The molecule has 0 fully saturated rings. The van der Waals surface area contributed by atoms with Crippen LogP contribution in [-0.2, 0) is 4.74 Å². The van der Waals surface area contributed by atoms with E-state index in [9.17, 15) is 0 Å². The molecule has 0 spiro atoms. The topological polar surface area (TPSA) is 21.6 Å². The molecule has 1 aromatic rings. The smallest absolute Gasteiger partial charge is 0.222 e. The lowest BCUT2D eigenvalue weighted by Gasteiger charge is -2.16. The summed E-state index contributed by atoms with van der Waals surface area (Å²) in [6.07, 6.45) is 0.794. The van der Waals surface area contributed by atoms with Crippen molar-refractivity contribution in [2.75, 3.05) is 0 Å². The number of aliphatic imine (C=N–C) groups is 1. The first-order valence-electron chi connectivity index (χ1n) is 5.96. The van der Waals surface area contributed by atoms with Crippen LogP contribution in [0.2, 0.25) is 10.0 Å². The van der Waals surface area contributed by atoms with E-state index < -0.39 is 5.54 Å². The van der Waals surface area contributed by atoms with Crippen molar-refractivity contribution in [3.63, 3.8) is 0 Å². The zero-order chi connectivity index (χ0) is 14.2. The van der Waals surface area contributed by atoms with Gasteiger partial charge in [-0.3, -0.25) is 0 Å². The lowest BCUT2D eigenvalue weighted by atomic mass is 9.99. The van der Waals surface area contributed by atoms with Crippen LogP contribution in [0, 0.1) is 6.92 Å². The average molecular weight is 319 g/mol. The number of benzene rings is 1. The van der Waals surface area contributed by atoms with Crippen molar-refractivity contribution in [1.82, 2.24) is 0 Å². The fraction of sp³-hybridized carbons (Fsp3) is 0.357. The number of halogens is 3. The molecule has 2 rings (SSSR count). The van der Waals surface area contributed by atoms with E-state index in [1.807, 2.05) is 20.8 Å². The molecule has 5 heteroatoms. The molecule has 19 heavy (non-hydrogen) atoms. The fourth-order valence-electron chi connectivity index (χ4n) is 1.80. The van der Waals surface area contributed by atoms with Crippen LogP contribution in [0.15, 0.2) is 28.4 Å². The molecule has 1 aliphatic heterocycles. The van der Waals surface area contributed by atoms with Crippen LogP contribution in [0.4, 0.5) is 0 Å². The van der Waals surface area contributed by atoms with Gasteiger partial charge >= 0.3 is 0 Å². The highest BCUT2D eigenvalue weighted by atomic mass is 35.5. The molecule has 0 saturated heterocycles. The van der Waals surface area contributed by atoms with Gasteiger partial charge in [0.1, 0.15) is 11.3 Å². The third kappa shape index (κ3) is 2.62. The quantitative estimate of drug-likeness (QED) is 0.722. The summed E-state index contributed by atoms with van der Waals surface area (Å²) in [6, 6.07) is 3.60. The Labute approximate surface area is 128 Å². The van der Waals surface area contributed by atoms with Gasteiger partial charge in [-0.1, -0.05) is 41.7 Å². The lowest BCUT2D eigenvalue weighted by Crippen LogP contribution is -2.19. The minimum absolute atomic E-state index is 0.430. The first-order chi connectivity index (χ1) is 8.91. The van der Waals surface area contributed by atoms with Crippen molar-refractivity contribution in [3.8, 4) is 0 Å². The summed E-state index contributed by atoms with van der Waals surface area (Å²) in [6.45, 7) is 5.88. The van der Waals surface area contributed by atoms with Crippen molar-refractivity contribution >= 4 is 40.7 Å². The van der Waals surface area contributed by atoms with Gasteiger partial charge in [0, 0.05) is 21.1 Å². The SMILES string of the molecule is CCC1(C)N=C(c2cc(Cl)c(C)c(Cl)c2)OC1=CCl. The highest BCUT2D eigenvalue weighted by Gasteiger charge is 2.36. The number of nitrogens with zero attached hydrogens (tertiary/aromatic N) is 1. The summed E-state index contributed by atoms with van der Waals surface area (Å²) in [7, 11) is 0. The molecule has 0 aromatic heterocycles. The Morgan fingerprint density at radius 1 is 1.32 bits per heavy atom. The molecule has 2 nitrogen and oxygen atoms in total. The molecule has 0 bridgehead atoms. The Morgan fingerprint density at radius 2 is 1.89 bits per heavy atom. The molecule has 1 unspecified atom stereocenters. The standard InChI is InChI=1S/C14H14Cl3NO/c1-4-14(3)12(7-15)19-13(18-14)9-5-10(16)8(2)11(17)6-9/h5-7H,4H2,1-3H3. The van der Waals surface area contributed by atoms with Crippen LogP contribution in [-0.4, -0.2) is 11.4 Å². The normalized spacial score (nSPS) is 24.5. The Bertz CT molecular complexity index is 557. The Hall–Kier alpha value is -0.700. The maximum absolute atomic E-state index is 6.14. The van der Waals surface area contributed by atoms with Crippen molar-refractivity contribution in [2.24, 2.45) is 4.99 Å². The van der Waals surface area contributed by atoms with Gasteiger partial charge in [-0.2, -0.15) is 0 Å². The van der Waals surface area contributed by atoms with Crippen molar-refractivity contribution in [1.29, 1.82) is 0 Å².